The number of carbonyl (C=O) groups is 1. The van der Waals surface area contributed by atoms with Gasteiger partial charge in [-0.3, -0.25) is 4.79 Å². The number of carbonyl (C=O) groups excluding carboxylic acids is 1. The minimum absolute atomic E-state index is 0.0422. The van der Waals surface area contributed by atoms with Gasteiger partial charge in [-0.15, -0.1) is 0 Å². The summed E-state index contributed by atoms with van der Waals surface area (Å²) in [6.45, 7) is 4.20. The van der Waals surface area contributed by atoms with Crippen LogP contribution in [-0.4, -0.2) is 34.9 Å². The predicted molar refractivity (Wildman–Crippen MR) is 234 cm³/mol. The summed E-state index contributed by atoms with van der Waals surface area (Å²) in [5, 5.41) is 23.0. The molecule has 0 aliphatic heterocycles. The molecule has 2 unspecified atom stereocenters. The molecule has 1 amide bonds. The lowest BCUT2D eigenvalue weighted by molar-refractivity contribution is -0.123. The first kappa shape index (κ1) is 50.6. The molecule has 0 heterocycles. The SMILES string of the molecule is CC/C=C\C/C=C\C/C=C\C/C=C\C/C=C\C/C=C\C/C=C\CCCCCCCCCCCCCC(=O)NC(CO)C(O)CCCCCCCCCC. The van der Waals surface area contributed by atoms with E-state index in [0.717, 1.165) is 70.6 Å². The van der Waals surface area contributed by atoms with Gasteiger partial charge in [0.05, 0.1) is 18.8 Å². The maximum absolute atomic E-state index is 12.3. The van der Waals surface area contributed by atoms with Gasteiger partial charge in [-0.2, -0.15) is 0 Å². The quantitative estimate of drug-likeness (QED) is 0.0435. The summed E-state index contributed by atoms with van der Waals surface area (Å²) in [6.07, 6.45) is 63.9. The first-order chi connectivity index (χ1) is 26.2. The molecule has 0 aromatic rings. The molecule has 0 spiro atoms. The van der Waals surface area contributed by atoms with Crippen molar-refractivity contribution in [2.75, 3.05) is 6.61 Å². The Morgan fingerprint density at radius 1 is 0.472 bits per heavy atom. The van der Waals surface area contributed by atoms with Crippen molar-refractivity contribution in [3.63, 3.8) is 0 Å². The minimum atomic E-state index is -0.662. The fourth-order valence-corrected chi connectivity index (χ4v) is 6.28. The summed E-state index contributed by atoms with van der Waals surface area (Å²) in [5.74, 6) is -0.0422. The van der Waals surface area contributed by atoms with Gasteiger partial charge in [-0.1, -0.05) is 208 Å². The first-order valence-electron chi connectivity index (χ1n) is 22.3. The fraction of sp³-hybridized carbons (Fsp3) is 0.694. The molecule has 0 rings (SSSR count). The smallest absolute Gasteiger partial charge is 0.220 e. The summed E-state index contributed by atoms with van der Waals surface area (Å²) >= 11 is 0. The van der Waals surface area contributed by atoms with Crippen LogP contribution in [0.15, 0.2) is 85.1 Å². The van der Waals surface area contributed by atoms with Crippen LogP contribution < -0.4 is 5.32 Å². The Morgan fingerprint density at radius 3 is 1.25 bits per heavy atom. The summed E-state index contributed by atoms with van der Waals surface area (Å²) in [4.78, 5) is 12.3. The largest absolute Gasteiger partial charge is 0.394 e. The number of hydrogen-bond donors (Lipinski definition) is 3. The van der Waals surface area contributed by atoms with E-state index in [1.807, 2.05) is 0 Å². The molecule has 0 radical (unpaired) electrons. The van der Waals surface area contributed by atoms with Crippen LogP contribution in [0.25, 0.3) is 0 Å². The average Bonchev–Trinajstić information content (AvgIpc) is 3.16. The molecule has 0 saturated carbocycles. The number of aliphatic hydroxyl groups is 2. The molecule has 304 valence electrons. The Kier molecular flexibility index (Phi) is 42.0. The van der Waals surface area contributed by atoms with Gasteiger partial charge < -0.3 is 15.5 Å². The Bertz CT molecular complexity index is 972. The van der Waals surface area contributed by atoms with Crippen LogP contribution in [0.1, 0.15) is 200 Å². The molecule has 0 aromatic heterocycles. The Labute approximate surface area is 329 Å². The molecule has 0 aliphatic rings. The van der Waals surface area contributed by atoms with Gasteiger partial charge in [0, 0.05) is 6.42 Å². The van der Waals surface area contributed by atoms with Crippen molar-refractivity contribution < 1.29 is 15.0 Å². The molecule has 2 atom stereocenters. The lowest BCUT2D eigenvalue weighted by Crippen LogP contribution is -2.45. The fourth-order valence-electron chi connectivity index (χ4n) is 6.28. The number of hydrogen-bond acceptors (Lipinski definition) is 3. The zero-order chi connectivity index (χ0) is 38.6. The molecule has 0 fully saturated rings. The van der Waals surface area contributed by atoms with Crippen LogP contribution in [0.2, 0.25) is 0 Å². The van der Waals surface area contributed by atoms with Crippen LogP contribution in [-0.2, 0) is 4.79 Å². The van der Waals surface area contributed by atoms with Crippen LogP contribution in [0.4, 0.5) is 0 Å². The van der Waals surface area contributed by atoms with Gasteiger partial charge in [0.15, 0.2) is 0 Å². The monoisotopic (exact) mass is 736 g/mol. The van der Waals surface area contributed by atoms with Crippen molar-refractivity contribution in [3.8, 4) is 0 Å². The zero-order valence-electron chi connectivity index (χ0n) is 34.8. The number of amides is 1. The van der Waals surface area contributed by atoms with E-state index >= 15 is 0 Å². The summed E-state index contributed by atoms with van der Waals surface area (Å²) in [5.41, 5.74) is 0. The highest BCUT2D eigenvalue weighted by molar-refractivity contribution is 5.76. The molecule has 0 aromatic carbocycles. The predicted octanol–water partition coefficient (Wildman–Crippen LogP) is 14.1. The maximum Gasteiger partial charge on any atom is 0.220 e. The van der Waals surface area contributed by atoms with Crippen LogP contribution in [0.5, 0.6) is 0 Å². The highest BCUT2D eigenvalue weighted by Gasteiger charge is 2.19. The molecule has 3 N–H and O–H groups in total. The van der Waals surface area contributed by atoms with E-state index < -0.39 is 12.1 Å². The summed E-state index contributed by atoms with van der Waals surface area (Å²) in [7, 11) is 0. The van der Waals surface area contributed by atoms with E-state index in [-0.39, 0.29) is 12.5 Å². The van der Waals surface area contributed by atoms with Crippen LogP contribution >= 0.6 is 0 Å². The van der Waals surface area contributed by atoms with Gasteiger partial charge in [0.25, 0.3) is 0 Å². The van der Waals surface area contributed by atoms with Crippen LogP contribution in [0, 0.1) is 0 Å². The number of aliphatic hydroxyl groups excluding tert-OH is 2. The van der Waals surface area contributed by atoms with Gasteiger partial charge in [-0.25, -0.2) is 0 Å². The zero-order valence-corrected chi connectivity index (χ0v) is 34.8. The molecule has 4 nitrogen and oxygen atoms in total. The lowest BCUT2D eigenvalue weighted by atomic mass is 10.0. The highest BCUT2D eigenvalue weighted by atomic mass is 16.3. The first-order valence-corrected chi connectivity index (χ1v) is 22.3. The minimum Gasteiger partial charge on any atom is -0.394 e. The Balaban J connectivity index is 3.54. The van der Waals surface area contributed by atoms with E-state index in [2.05, 4.69) is 104 Å². The third kappa shape index (κ3) is 40.6. The molecule has 0 saturated heterocycles. The van der Waals surface area contributed by atoms with E-state index in [1.54, 1.807) is 0 Å². The van der Waals surface area contributed by atoms with E-state index in [4.69, 9.17) is 0 Å². The standard InChI is InChI=1S/C49H85NO3/c1-3-5-7-9-11-13-14-15-16-17-18-19-20-21-22-23-24-25-26-27-28-29-30-31-32-33-34-35-36-37-39-41-43-45-49(53)50-47(46-51)48(52)44-42-40-38-12-10-8-6-4-2/h5,7,11,13,15-16,18-19,21-22,24-25,27-28,47-48,51-52H,3-4,6,8-10,12,14,17,20,23,26,29-46H2,1-2H3,(H,50,53)/b7-5-,13-11-,16-15-,19-18-,22-21-,25-24-,28-27-. The normalized spacial score (nSPS) is 13.8. The second-order valence-corrected chi connectivity index (χ2v) is 14.7. The molecular weight excluding hydrogens is 651 g/mol. The topological polar surface area (TPSA) is 69.6 Å². The maximum atomic E-state index is 12.3. The Hall–Kier alpha value is -2.43. The van der Waals surface area contributed by atoms with Gasteiger partial charge in [-0.05, 0) is 70.6 Å². The molecule has 4 heteroatoms. The molecular formula is C49H85NO3. The van der Waals surface area contributed by atoms with E-state index in [1.165, 1.54) is 103 Å². The van der Waals surface area contributed by atoms with Gasteiger partial charge >= 0.3 is 0 Å². The van der Waals surface area contributed by atoms with Crippen molar-refractivity contribution in [2.45, 2.75) is 212 Å². The second-order valence-electron chi connectivity index (χ2n) is 14.7. The summed E-state index contributed by atoms with van der Waals surface area (Å²) < 4.78 is 0. The van der Waals surface area contributed by atoms with Crippen molar-refractivity contribution in [2.24, 2.45) is 0 Å². The van der Waals surface area contributed by atoms with E-state index in [0.29, 0.717) is 12.8 Å². The Morgan fingerprint density at radius 2 is 0.830 bits per heavy atom. The van der Waals surface area contributed by atoms with Crippen molar-refractivity contribution in [1.82, 2.24) is 5.32 Å². The third-order valence-corrected chi connectivity index (χ3v) is 9.67. The number of allylic oxidation sites excluding steroid dienone is 14. The molecule has 0 aliphatic carbocycles. The van der Waals surface area contributed by atoms with E-state index in [9.17, 15) is 15.0 Å². The average molecular weight is 736 g/mol. The van der Waals surface area contributed by atoms with Gasteiger partial charge in [0.1, 0.15) is 0 Å². The van der Waals surface area contributed by atoms with Crippen LogP contribution in [0.3, 0.4) is 0 Å². The van der Waals surface area contributed by atoms with Crippen molar-refractivity contribution >= 4 is 5.91 Å². The number of nitrogens with one attached hydrogen (secondary N) is 1. The number of unbranched alkanes of at least 4 members (excludes halogenated alkanes) is 18. The lowest BCUT2D eigenvalue weighted by Gasteiger charge is -2.22. The van der Waals surface area contributed by atoms with Gasteiger partial charge in [0.2, 0.25) is 5.91 Å². The van der Waals surface area contributed by atoms with Crippen molar-refractivity contribution in [1.29, 1.82) is 0 Å². The highest BCUT2D eigenvalue weighted by Crippen LogP contribution is 2.14. The third-order valence-electron chi connectivity index (χ3n) is 9.67. The summed E-state index contributed by atoms with van der Waals surface area (Å²) in [6, 6.07) is -0.539. The van der Waals surface area contributed by atoms with Crippen molar-refractivity contribution in [3.05, 3.63) is 85.1 Å². The number of rotatable bonds is 39. The second kappa shape index (κ2) is 44.0. The molecule has 0 bridgehead atoms. The molecule has 53 heavy (non-hydrogen) atoms.